The summed E-state index contributed by atoms with van der Waals surface area (Å²) in [4.78, 5) is 0. The third-order valence-electron chi connectivity index (χ3n) is 3.97. The second-order valence-corrected chi connectivity index (χ2v) is 4.71. The summed E-state index contributed by atoms with van der Waals surface area (Å²) in [6, 6.07) is 6.69. The van der Waals surface area contributed by atoms with Crippen LogP contribution >= 0.6 is 0 Å². The maximum Gasteiger partial charge on any atom is 0.0435 e. The van der Waals surface area contributed by atoms with Gasteiger partial charge in [-0.2, -0.15) is 0 Å². The van der Waals surface area contributed by atoms with E-state index in [1.807, 2.05) is 0 Å². The molecule has 1 heteroatoms. The Morgan fingerprint density at radius 3 is 2.73 bits per heavy atom. The molecule has 0 aliphatic carbocycles. The molecule has 1 N–H and O–H groups in total. The maximum absolute atomic E-state index is 3.70. The summed E-state index contributed by atoms with van der Waals surface area (Å²) in [5.41, 5.74) is 4.65. The largest absolute Gasteiger partial charge is 0.307 e. The Morgan fingerprint density at radius 1 is 1.33 bits per heavy atom. The number of aryl methyl sites for hydroxylation is 1. The molecule has 0 spiro atoms. The minimum Gasteiger partial charge on any atom is -0.307 e. The molecule has 2 rings (SSSR count). The molecule has 1 aliphatic heterocycles. The van der Waals surface area contributed by atoms with Gasteiger partial charge in [0.25, 0.3) is 0 Å². The zero-order chi connectivity index (χ0) is 10.9. The second kappa shape index (κ2) is 3.97. The van der Waals surface area contributed by atoms with Gasteiger partial charge < -0.3 is 5.32 Å². The molecule has 1 fully saturated rings. The van der Waals surface area contributed by atoms with E-state index < -0.39 is 0 Å². The van der Waals surface area contributed by atoms with Gasteiger partial charge in [-0.05, 0) is 56.3 Å². The van der Waals surface area contributed by atoms with Crippen LogP contribution in [0.5, 0.6) is 0 Å². The van der Waals surface area contributed by atoms with E-state index in [0.29, 0.717) is 0 Å². The van der Waals surface area contributed by atoms with Crippen molar-refractivity contribution in [3.8, 4) is 0 Å². The van der Waals surface area contributed by atoms with Gasteiger partial charge >= 0.3 is 0 Å². The minimum absolute atomic E-state index is 0.260. The quantitative estimate of drug-likeness (QED) is 0.777. The van der Waals surface area contributed by atoms with Gasteiger partial charge in [-0.3, -0.25) is 0 Å². The Bertz CT molecular complexity index is 348. The van der Waals surface area contributed by atoms with Crippen molar-refractivity contribution in [2.75, 3.05) is 6.54 Å². The average molecular weight is 203 g/mol. The lowest BCUT2D eigenvalue weighted by Gasteiger charge is -2.31. The lowest BCUT2D eigenvalue weighted by molar-refractivity contribution is 0.374. The number of hydrogen-bond donors (Lipinski definition) is 1. The van der Waals surface area contributed by atoms with Crippen LogP contribution in [0.2, 0.25) is 0 Å². The fourth-order valence-corrected chi connectivity index (χ4v) is 2.80. The number of rotatable bonds is 2. The third kappa shape index (κ3) is 1.69. The first-order valence-corrected chi connectivity index (χ1v) is 6.01. The Balaban J connectivity index is 2.47. The van der Waals surface area contributed by atoms with Gasteiger partial charge in [-0.1, -0.05) is 25.1 Å². The van der Waals surface area contributed by atoms with Crippen molar-refractivity contribution in [2.24, 2.45) is 0 Å². The summed E-state index contributed by atoms with van der Waals surface area (Å²) in [5.74, 6) is 0. The highest BCUT2D eigenvalue weighted by molar-refractivity contribution is 5.38. The molecule has 1 unspecified atom stereocenters. The lowest BCUT2D eigenvalue weighted by Crippen LogP contribution is -2.36. The van der Waals surface area contributed by atoms with E-state index >= 15 is 0 Å². The summed E-state index contributed by atoms with van der Waals surface area (Å²) in [5, 5.41) is 3.70. The Morgan fingerprint density at radius 2 is 2.13 bits per heavy atom. The average Bonchev–Trinajstić information content (AvgIpc) is 2.72. The molecule has 82 valence electrons. The predicted molar refractivity (Wildman–Crippen MR) is 65.1 cm³/mol. The van der Waals surface area contributed by atoms with Crippen molar-refractivity contribution >= 4 is 0 Å². The van der Waals surface area contributed by atoms with E-state index in [-0.39, 0.29) is 5.54 Å². The van der Waals surface area contributed by atoms with Crippen LogP contribution in [0.1, 0.15) is 42.9 Å². The normalized spacial score (nSPS) is 25.8. The lowest BCUT2D eigenvalue weighted by atomic mass is 9.82. The standard InChI is InChI=1S/C14H21N/c1-4-14(9-6-10-15-14)13-8-5-7-11(2)12(13)3/h5,7-8,15H,4,6,9-10H2,1-3H3. The van der Waals surface area contributed by atoms with Crippen molar-refractivity contribution in [1.82, 2.24) is 5.32 Å². The molecule has 1 aliphatic rings. The Hall–Kier alpha value is -0.820. The highest BCUT2D eigenvalue weighted by Gasteiger charge is 2.34. The van der Waals surface area contributed by atoms with E-state index in [9.17, 15) is 0 Å². The van der Waals surface area contributed by atoms with Gasteiger partial charge in [-0.15, -0.1) is 0 Å². The van der Waals surface area contributed by atoms with Crippen LogP contribution in [0.25, 0.3) is 0 Å². The molecule has 0 radical (unpaired) electrons. The number of hydrogen-bond acceptors (Lipinski definition) is 1. The molecule has 0 aromatic heterocycles. The van der Waals surface area contributed by atoms with Gasteiger partial charge in [-0.25, -0.2) is 0 Å². The molecule has 1 saturated heterocycles. The third-order valence-corrected chi connectivity index (χ3v) is 3.97. The van der Waals surface area contributed by atoms with Crippen molar-refractivity contribution in [3.05, 3.63) is 34.9 Å². The molecule has 1 nitrogen and oxygen atoms in total. The van der Waals surface area contributed by atoms with Gasteiger partial charge in [0.1, 0.15) is 0 Å². The first-order chi connectivity index (χ1) is 7.19. The highest BCUT2D eigenvalue weighted by atomic mass is 15.0. The van der Waals surface area contributed by atoms with E-state index in [2.05, 4.69) is 44.3 Å². The van der Waals surface area contributed by atoms with Crippen LogP contribution in [-0.4, -0.2) is 6.54 Å². The van der Waals surface area contributed by atoms with Crippen LogP contribution < -0.4 is 5.32 Å². The molecule has 0 bridgehead atoms. The summed E-state index contributed by atoms with van der Waals surface area (Å²) in [7, 11) is 0. The van der Waals surface area contributed by atoms with Crippen LogP contribution in [0, 0.1) is 13.8 Å². The maximum atomic E-state index is 3.70. The Kier molecular flexibility index (Phi) is 2.83. The molecule has 0 amide bonds. The summed E-state index contributed by atoms with van der Waals surface area (Å²) >= 11 is 0. The van der Waals surface area contributed by atoms with Gasteiger partial charge in [0.2, 0.25) is 0 Å². The number of benzene rings is 1. The molecule has 15 heavy (non-hydrogen) atoms. The minimum atomic E-state index is 0.260. The summed E-state index contributed by atoms with van der Waals surface area (Å²) < 4.78 is 0. The van der Waals surface area contributed by atoms with Gasteiger partial charge in [0, 0.05) is 5.54 Å². The van der Waals surface area contributed by atoms with Crippen LogP contribution in [-0.2, 0) is 5.54 Å². The number of nitrogens with one attached hydrogen (secondary N) is 1. The monoisotopic (exact) mass is 203 g/mol. The smallest absolute Gasteiger partial charge is 0.0435 e. The zero-order valence-electron chi connectivity index (χ0n) is 10.1. The molecule has 0 saturated carbocycles. The molecular formula is C14H21N. The van der Waals surface area contributed by atoms with Crippen LogP contribution in [0.15, 0.2) is 18.2 Å². The first-order valence-electron chi connectivity index (χ1n) is 6.01. The van der Waals surface area contributed by atoms with E-state index in [4.69, 9.17) is 0 Å². The topological polar surface area (TPSA) is 12.0 Å². The molecule has 1 aromatic carbocycles. The van der Waals surface area contributed by atoms with Crippen LogP contribution in [0.4, 0.5) is 0 Å². The first kappa shape index (κ1) is 10.7. The predicted octanol–water partition coefficient (Wildman–Crippen LogP) is 3.29. The van der Waals surface area contributed by atoms with E-state index in [1.165, 1.54) is 42.5 Å². The van der Waals surface area contributed by atoms with Crippen LogP contribution in [0.3, 0.4) is 0 Å². The summed E-state index contributed by atoms with van der Waals surface area (Å²) in [6.07, 6.45) is 3.78. The van der Waals surface area contributed by atoms with Crippen molar-refractivity contribution in [3.63, 3.8) is 0 Å². The van der Waals surface area contributed by atoms with Crippen molar-refractivity contribution in [1.29, 1.82) is 0 Å². The summed E-state index contributed by atoms with van der Waals surface area (Å²) in [6.45, 7) is 7.92. The molecule has 1 aromatic rings. The van der Waals surface area contributed by atoms with Gasteiger partial charge in [0.15, 0.2) is 0 Å². The Labute approximate surface area is 92.9 Å². The highest BCUT2D eigenvalue weighted by Crippen LogP contribution is 2.36. The molecule has 1 atom stereocenters. The van der Waals surface area contributed by atoms with Crippen molar-refractivity contribution in [2.45, 2.75) is 45.6 Å². The SMILES string of the molecule is CCC1(c2cccc(C)c2C)CCCN1. The fraction of sp³-hybridized carbons (Fsp3) is 0.571. The van der Waals surface area contributed by atoms with Crippen molar-refractivity contribution < 1.29 is 0 Å². The van der Waals surface area contributed by atoms with Gasteiger partial charge in [0.05, 0.1) is 0 Å². The zero-order valence-corrected chi connectivity index (χ0v) is 10.1. The fourth-order valence-electron chi connectivity index (χ4n) is 2.80. The van der Waals surface area contributed by atoms with E-state index in [0.717, 1.165) is 0 Å². The second-order valence-electron chi connectivity index (χ2n) is 4.71. The molecule has 1 heterocycles. The van der Waals surface area contributed by atoms with E-state index in [1.54, 1.807) is 0 Å². The molecular weight excluding hydrogens is 182 g/mol.